The summed E-state index contributed by atoms with van der Waals surface area (Å²) in [6.45, 7) is -0.785. The first-order chi connectivity index (χ1) is 7.35. The number of rotatable bonds is 3. The highest BCUT2D eigenvalue weighted by atomic mass is 19.4. The molecule has 1 rings (SSSR count). The van der Waals surface area contributed by atoms with Crippen molar-refractivity contribution in [3.05, 3.63) is 33.9 Å². The first-order valence-corrected chi connectivity index (χ1v) is 3.98. The number of aliphatic hydroxyl groups excluding tert-OH is 1. The van der Waals surface area contributed by atoms with E-state index in [-0.39, 0.29) is 5.56 Å². The van der Waals surface area contributed by atoms with Gasteiger partial charge in [-0.1, -0.05) is 12.1 Å². The Kier molecular flexibility index (Phi) is 3.33. The maximum Gasteiger partial charge on any atom is 0.573 e. The molecule has 0 radical (unpaired) electrons. The van der Waals surface area contributed by atoms with Gasteiger partial charge in [0.25, 0.3) is 0 Å². The normalized spacial score (nSPS) is 11.2. The Labute approximate surface area is 87.2 Å². The SMILES string of the molecule is O=[N+]([O-])c1cccc(CO)c1OC(F)(F)F. The topological polar surface area (TPSA) is 72.6 Å². The molecule has 1 aromatic rings. The van der Waals surface area contributed by atoms with E-state index in [1.54, 1.807) is 0 Å². The van der Waals surface area contributed by atoms with Crippen LogP contribution in [0.1, 0.15) is 5.56 Å². The van der Waals surface area contributed by atoms with Crippen molar-refractivity contribution in [2.75, 3.05) is 0 Å². The number of ether oxygens (including phenoxy) is 1. The lowest BCUT2D eigenvalue weighted by Crippen LogP contribution is -2.19. The van der Waals surface area contributed by atoms with Gasteiger partial charge in [0.05, 0.1) is 11.5 Å². The summed E-state index contributed by atoms with van der Waals surface area (Å²) in [4.78, 5) is 9.44. The van der Waals surface area contributed by atoms with E-state index in [0.29, 0.717) is 0 Å². The number of aliphatic hydroxyl groups is 1. The summed E-state index contributed by atoms with van der Waals surface area (Å²) in [6.07, 6.45) is -5.05. The van der Waals surface area contributed by atoms with E-state index in [2.05, 4.69) is 4.74 Å². The zero-order valence-electron chi connectivity index (χ0n) is 7.69. The molecule has 0 unspecified atom stereocenters. The molecule has 0 saturated carbocycles. The van der Waals surface area contributed by atoms with Gasteiger partial charge in [-0.05, 0) is 0 Å². The van der Waals surface area contributed by atoms with Gasteiger partial charge in [-0.3, -0.25) is 10.1 Å². The number of hydrogen-bond donors (Lipinski definition) is 1. The van der Waals surface area contributed by atoms with Crippen molar-refractivity contribution in [3.63, 3.8) is 0 Å². The Morgan fingerprint density at radius 3 is 2.50 bits per heavy atom. The lowest BCUT2D eigenvalue weighted by atomic mass is 10.2. The number of para-hydroxylation sites is 1. The Balaban J connectivity index is 3.25. The number of alkyl halides is 3. The smallest absolute Gasteiger partial charge is 0.398 e. The van der Waals surface area contributed by atoms with Crippen LogP contribution in [0.2, 0.25) is 0 Å². The molecule has 0 bridgehead atoms. The van der Waals surface area contributed by atoms with Crippen LogP contribution in [0.4, 0.5) is 18.9 Å². The van der Waals surface area contributed by atoms with Gasteiger partial charge in [0, 0.05) is 11.6 Å². The first kappa shape index (κ1) is 12.2. The molecule has 0 spiro atoms. The third-order valence-electron chi connectivity index (χ3n) is 1.66. The molecule has 8 heteroatoms. The molecular formula is C8H6F3NO4. The van der Waals surface area contributed by atoms with Crippen LogP contribution in [0.25, 0.3) is 0 Å². The first-order valence-electron chi connectivity index (χ1n) is 3.98. The van der Waals surface area contributed by atoms with Crippen molar-refractivity contribution in [3.8, 4) is 5.75 Å². The van der Waals surface area contributed by atoms with Crippen LogP contribution in [-0.2, 0) is 6.61 Å². The van der Waals surface area contributed by atoms with Crippen molar-refractivity contribution >= 4 is 5.69 Å². The molecule has 0 aliphatic rings. The molecule has 0 aromatic heterocycles. The minimum Gasteiger partial charge on any atom is -0.398 e. The number of benzene rings is 1. The maximum atomic E-state index is 12.0. The van der Waals surface area contributed by atoms with E-state index in [9.17, 15) is 23.3 Å². The van der Waals surface area contributed by atoms with Crippen molar-refractivity contribution in [1.82, 2.24) is 0 Å². The average molecular weight is 237 g/mol. The summed E-state index contributed by atoms with van der Waals surface area (Å²) in [7, 11) is 0. The van der Waals surface area contributed by atoms with Gasteiger partial charge in [0.15, 0.2) is 0 Å². The summed E-state index contributed by atoms with van der Waals surface area (Å²) in [5, 5.41) is 19.2. The van der Waals surface area contributed by atoms with Crippen LogP contribution in [0.5, 0.6) is 5.75 Å². The van der Waals surface area contributed by atoms with Gasteiger partial charge in [-0.2, -0.15) is 0 Å². The number of hydrogen-bond acceptors (Lipinski definition) is 4. The number of nitrogens with zero attached hydrogens (tertiary/aromatic N) is 1. The molecule has 1 aromatic carbocycles. The number of nitro benzene ring substituents is 1. The number of nitro groups is 1. The molecule has 88 valence electrons. The van der Waals surface area contributed by atoms with E-state index in [1.807, 2.05) is 0 Å². The Morgan fingerprint density at radius 1 is 1.44 bits per heavy atom. The average Bonchev–Trinajstić information content (AvgIpc) is 2.15. The third-order valence-corrected chi connectivity index (χ3v) is 1.66. The fourth-order valence-electron chi connectivity index (χ4n) is 1.07. The van der Waals surface area contributed by atoms with Crippen molar-refractivity contribution in [2.24, 2.45) is 0 Å². The summed E-state index contributed by atoms with van der Waals surface area (Å²) < 4.78 is 39.4. The van der Waals surface area contributed by atoms with Crippen LogP contribution in [0.15, 0.2) is 18.2 Å². The second-order valence-electron chi connectivity index (χ2n) is 2.73. The lowest BCUT2D eigenvalue weighted by Gasteiger charge is -2.11. The quantitative estimate of drug-likeness (QED) is 0.644. The minimum absolute atomic E-state index is 0.300. The second kappa shape index (κ2) is 4.35. The van der Waals surface area contributed by atoms with Crippen molar-refractivity contribution in [2.45, 2.75) is 13.0 Å². The van der Waals surface area contributed by atoms with Gasteiger partial charge in [0.1, 0.15) is 0 Å². The third kappa shape index (κ3) is 2.83. The van der Waals surface area contributed by atoms with Gasteiger partial charge in [0.2, 0.25) is 5.75 Å². The largest absolute Gasteiger partial charge is 0.573 e. The van der Waals surface area contributed by atoms with Crippen molar-refractivity contribution < 1.29 is 27.9 Å². The van der Waals surface area contributed by atoms with Gasteiger partial charge in [-0.25, -0.2) is 0 Å². The molecule has 5 nitrogen and oxygen atoms in total. The molecule has 0 aliphatic heterocycles. The molecule has 0 fully saturated rings. The summed E-state index contributed by atoms with van der Waals surface area (Å²) >= 11 is 0. The molecular weight excluding hydrogens is 231 g/mol. The fourth-order valence-corrected chi connectivity index (χ4v) is 1.07. The van der Waals surface area contributed by atoms with Crippen LogP contribution in [-0.4, -0.2) is 16.4 Å². The van der Waals surface area contributed by atoms with Crippen LogP contribution < -0.4 is 4.74 Å². The van der Waals surface area contributed by atoms with E-state index in [0.717, 1.165) is 18.2 Å². The van der Waals surface area contributed by atoms with Crippen molar-refractivity contribution in [1.29, 1.82) is 0 Å². The van der Waals surface area contributed by atoms with E-state index in [1.165, 1.54) is 0 Å². The highest BCUT2D eigenvalue weighted by Crippen LogP contribution is 2.35. The molecule has 0 amide bonds. The van der Waals surface area contributed by atoms with Gasteiger partial charge >= 0.3 is 12.0 Å². The fraction of sp³-hybridized carbons (Fsp3) is 0.250. The number of halogens is 3. The predicted molar refractivity (Wildman–Crippen MR) is 45.7 cm³/mol. The van der Waals surface area contributed by atoms with E-state index < -0.39 is 29.3 Å². The summed E-state index contributed by atoms with van der Waals surface area (Å²) in [5.74, 6) is -0.984. The van der Waals surface area contributed by atoms with Crippen LogP contribution in [0.3, 0.4) is 0 Å². The molecule has 0 saturated heterocycles. The second-order valence-corrected chi connectivity index (χ2v) is 2.73. The van der Waals surface area contributed by atoms with Crippen LogP contribution >= 0.6 is 0 Å². The molecule has 16 heavy (non-hydrogen) atoms. The monoisotopic (exact) mass is 237 g/mol. The summed E-state index contributed by atoms with van der Waals surface area (Å²) in [5.41, 5.74) is -1.14. The highest BCUT2D eigenvalue weighted by molar-refractivity contribution is 5.51. The van der Waals surface area contributed by atoms with E-state index in [4.69, 9.17) is 5.11 Å². The lowest BCUT2D eigenvalue weighted by molar-refractivity contribution is -0.388. The summed E-state index contributed by atoms with van der Waals surface area (Å²) in [6, 6.07) is 3.13. The Bertz CT molecular complexity index is 405. The zero-order chi connectivity index (χ0) is 12.3. The van der Waals surface area contributed by atoms with E-state index >= 15 is 0 Å². The zero-order valence-corrected chi connectivity index (χ0v) is 7.69. The van der Waals surface area contributed by atoms with Gasteiger partial charge < -0.3 is 9.84 Å². The van der Waals surface area contributed by atoms with Crippen LogP contribution in [0, 0.1) is 10.1 Å². The predicted octanol–water partition coefficient (Wildman–Crippen LogP) is 1.99. The highest BCUT2D eigenvalue weighted by Gasteiger charge is 2.35. The Morgan fingerprint density at radius 2 is 2.06 bits per heavy atom. The molecule has 0 atom stereocenters. The maximum absolute atomic E-state index is 12.0. The van der Waals surface area contributed by atoms with Gasteiger partial charge in [-0.15, -0.1) is 13.2 Å². The minimum atomic E-state index is -5.05. The Hall–Kier alpha value is -1.83. The molecule has 1 N–H and O–H groups in total. The molecule has 0 heterocycles. The molecule has 0 aliphatic carbocycles. The standard InChI is InChI=1S/C8H6F3NO4/c9-8(10,11)16-7-5(4-13)2-1-3-6(7)12(14)15/h1-3,13H,4H2.